The van der Waals surface area contributed by atoms with Crippen molar-refractivity contribution >= 4 is 5.78 Å². The quantitative estimate of drug-likeness (QED) is 0.862. The van der Waals surface area contributed by atoms with E-state index < -0.39 is 0 Å². The SMILES string of the molecule is CC(C(=O)c1ccc(Cc2ccccc2)cc1)N1CCNCC1. The average molecular weight is 308 g/mol. The van der Waals surface area contributed by atoms with Crippen molar-refractivity contribution in [2.75, 3.05) is 26.2 Å². The Bertz CT molecular complexity index is 630. The smallest absolute Gasteiger partial charge is 0.179 e. The molecule has 0 aromatic heterocycles. The van der Waals surface area contributed by atoms with E-state index in [9.17, 15) is 4.79 Å². The lowest BCUT2D eigenvalue weighted by Crippen LogP contribution is -2.50. The lowest BCUT2D eigenvalue weighted by atomic mass is 9.99. The first kappa shape index (κ1) is 15.9. The van der Waals surface area contributed by atoms with E-state index in [0.717, 1.165) is 38.2 Å². The number of carbonyl (C=O) groups excluding carboxylic acids is 1. The van der Waals surface area contributed by atoms with Gasteiger partial charge in [-0.05, 0) is 24.5 Å². The zero-order valence-corrected chi connectivity index (χ0v) is 13.7. The molecule has 2 aromatic carbocycles. The highest BCUT2D eigenvalue weighted by Gasteiger charge is 2.23. The largest absolute Gasteiger partial charge is 0.314 e. The van der Waals surface area contributed by atoms with Gasteiger partial charge in [0, 0.05) is 31.7 Å². The van der Waals surface area contributed by atoms with Crippen LogP contribution in [0.3, 0.4) is 0 Å². The molecular weight excluding hydrogens is 284 g/mol. The number of piperazine rings is 1. The molecule has 0 amide bonds. The summed E-state index contributed by atoms with van der Waals surface area (Å²) < 4.78 is 0. The first-order valence-corrected chi connectivity index (χ1v) is 8.36. The van der Waals surface area contributed by atoms with Gasteiger partial charge in [-0.1, -0.05) is 54.6 Å². The van der Waals surface area contributed by atoms with E-state index in [1.54, 1.807) is 0 Å². The molecule has 1 N–H and O–H groups in total. The third-order valence-electron chi connectivity index (χ3n) is 4.57. The summed E-state index contributed by atoms with van der Waals surface area (Å²) >= 11 is 0. The molecule has 1 fully saturated rings. The molecule has 2 aromatic rings. The van der Waals surface area contributed by atoms with Crippen molar-refractivity contribution in [1.29, 1.82) is 0 Å². The molecule has 3 rings (SSSR count). The normalized spacial score (nSPS) is 16.9. The summed E-state index contributed by atoms with van der Waals surface area (Å²) in [5.74, 6) is 0.221. The first-order chi connectivity index (χ1) is 11.2. The van der Waals surface area contributed by atoms with Gasteiger partial charge in [0.15, 0.2) is 5.78 Å². The maximum atomic E-state index is 12.7. The summed E-state index contributed by atoms with van der Waals surface area (Å²) in [5.41, 5.74) is 3.34. The van der Waals surface area contributed by atoms with Crippen LogP contribution in [0.2, 0.25) is 0 Å². The van der Waals surface area contributed by atoms with Crippen molar-refractivity contribution in [1.82, 2.24) is 10.2 Å². The van der Waals surface area contributed by atoms with Crippen LogP contribution in [0, 0.1) is 0 Å². The van der Waals surface area contributed by atoms with Crippen molar-refractivity contribution < 1.29 is 4.79 Å². The third kappa shape index (κ3) is 4.06. The number of carbonyl (C=O) groups is 1. The van der Waals surface area contributed by atoms with Gasteiger partial charge in [-0.25, -0.2) is 0 Å². The molecule has 0 spiro atoms. The van der Waals surface area contributed by atoms with Crippen LogP contribution < -0.4 is 5.32 Å². The minimum absolute atomic E-state index is 0.0444. The van der Waals surface area contributed by atoms with E-state index in [1.165, 1.54) is 11.1 Å². The molecular formula is C20H24N2O. The lowest BCUT2D eigenvalue weighted by Gasteiger charge is -2.31. The summed E-state index contributed by atoms with van der Waals surface area (Å²) in [5, 5.41) is 3.33. The van der Waals surface area contributed by atoms with Gasteiger partial charge >= 0.3 is 0 Å². The molecule has 1 atom stereocenters. The van der Waals surface area contributed by atoms with Crippen LogP contribution >= 0.6 is 0 Å². The number of Topliss-reactive ketones (excluding diaryl/α,β-unsaturated/α-hetero) is 1. The van der Waals surface area contributed by atoms with Crippen LogP contribution in [0.15, 0.2) is 54.6 Å². The van der Waals surface area contributed by atoms with Gasteiger partial charge in [0.1, 0.15) is 0 Å². The van der Waals surface area contributed by atoms with Crippen molar-refractivity contribution in [3.8, 4) is 0 Å². The highest BCUT2D eigenvalue weighted by atomic mass is 16.1. The zero-order chi connectivity index (χ0) is 16.1. The summed E-state index contributed by atoms with van der Waals surface area (Å²) in [6, 6.07) is 18.5. The maximum Gasteiger partial charge on any atom is 0.179 e. The van der Waals surface area contributed by atoms with Crippen LogP contribution in [0.1, 0.15) is 28.4 Å². The van der Waals surface area contributed by atoms with E-state index in [-0.39, 0.29) is 11.8 Å². The standard InChI is InChI=1S/C20H24N2O/c1-16(22-13-11-21-12-14-22)20(23)19-9-7-18(8-10-19)15-17-5-3-2-4-6-17/h2-10,16,21H,11-15H2,1H3. The minimum atomic E-state index is -0.0444. The number of nitrogens with zero attached hydrogens (tertiary/aromatic N) is 1. The molecule has 0 bridgehead atoms. The van der Waals surface area contributed by atoms with E-state index in [0.29, 0.717) is 0 Å². The molecule has 120 valence electrons. The van der Waals surface area contributed by atoms with Crippen molar-refractivity contribution in [2.24, 2.45) is 0 Å². The second-order valence-corrected chi connectivity index (χ2v) is 6.19. The van der Waals surface area contributed by atoms with E-state index in [4.69, 9.17) is 0 Å². The number of nitrogens with one attached hydrogen (secondary N) is 1. The van der Waals surface area contributed by atoms with Gasteiger partial charge in [0.2, 0.25) is 0 Å². The second kappa shape index (κ2) is 7.53. The number of hydrogen-bond donors (Lipinski definition) is 1. The van der Waals surface area contributed by atoms with E-state index >= 15 is 0 Å². The van der Waals surface area contributed by atoms with Gasteiger partial charge in [-0.2, -0.15) is 0 Å². The molecule has 3 heteroatoms. The fourth-order valence-corrected chi connectivity index (χ4v) is 3.09. The minimum Gasteiger partial charge on any atom is -0.314 e. The van der Waals surface area contributed by atoms with Crippen LogP contribution in [0.4, 0.5) is 0 Å². The first-order valence-electron chi connectivity index (χ1n) is 8.36. The molecule has 1 unspecified atom stereocenters. The third-order valence-corrected chi connectivity index (χ3v) is 4.57. The number of rotatable bonds is 5. The highest BCUT2D eigenvalue weighted by molar-refractivity contribution is 5.99. The zero-order valence-electron chi connectivity index (χ0n) is 13.7. The van der Waals surface area contributed by atoms with Gasteiger partial charge in [0.05, 0.1) is 6.04 Å². The van der Waals surface area contributed by atoms with Gasteiger partial charge in [0.25, 0.3) is 0 Å². The molecule has 0 aliphatic carbocycles. The molecule has 1 saturated heterocycles. The topological polar surface area (TPSA) is 32.3 Å². The lowest BCUT2D eigenvalue weighted by molar-refractivity contribution is 0.0820. The average Bonchev–Trinajstić information content (AvgIpc) is 2.63. The van der Waals surface area contributed by atoms with Crippen LogP contribution in [0.25, 0.3) is 0 Å². The van der Waals surface area contributed by atoms with Crippen LogP contribution in [-0.4, -0.2) is 42.9 Å². The van der Waals surface area contributed by atoms with Crippen molar-refractivity contribution in [2.45, 2.75) is 19.4 Å². The highest BCUT2D eigenvalue weighted by Crippen LogP contribution is 2.14. The number of benzene rings is 2. The maximum absolute atomic E-state index is 12.7. The Morgan fingerprint density at radius 2 is 1.61 bits per heavy atom. The van der Waals surface area contributed by atoms with E-state index in [2.05, 4.69) is 46.6 Å². The fraction of sp³-hybridized carbons (Fsp3) is 0.350. The summed E-state index contributed by atoms with van der Waals surface area (Å²) in [6.45, 7) is 5.84. The Morgan fingerprint density at radius 1 is 1.00 bits per heavy atom. The summed E-state index contributed by atoms with van der Waals surface area (Å²) in [7, 11) is 0. The van der Waals surface area contributed by atoms with Gasteiger partial charge in [-0.15, -0.1) is 0 Å². The Balaban J connectivity index is 1.65. The summed E-state index contributed by atoms with van der Waals surface area (Å²) in [6.07, 6.45) is 0.905. The molecule has 1 aliphatic rings. The predicted molar refractivity (Wildman–Crippen MR) is 93.9 cm³/mol. The molecule has 1 heterocycles. The summed E-state index contributed by atoms with van der Waals surface area (Å²) in [4.78, 5) is 14.9. The molecule has 0 saturated carbocycles. The number of ketones is 1. The fourth-order valence-electron chi connectivity index (χ4n) is 3.09. The predicted octanol–water partition coefficient (Wildman–Crippen LogP) is 2.75. The molecule has 0 radical (unpaired) electrons. The molecule has 23 heavy (non-hydrogen) atoms. The van der Waals surface area contributed by atoms with Crippen molar-refractivity contribution in [3.63, 3.8) is 0 Å². The molecule has 3 nitrogen and oxygen atoms in total. The van der Waals surface area contributed by atoms with Crippen LogP contribution in [-0.2, 0) is 6.42 Å². The van der Waals surface area contributed by atoms with Crippen LogP contribution in [0.5, 0.6) is 0 Å². The van der Waals surface area contributed by atoms with Crippen molar-refractivity contribution in [3.05, 3.63) is 71.3 Å². The Hall–Kier alpha value is -1.97. The Kier molecular flexibility index (Phi) is 5.21. The van der Waals surface area contributed by atoms with Gasteiger partial charge in [-0.3, -0.25) is 9.69 Å². The second-order valence-electron chi connectivity index (χ2n) is 6.19. The van der Waals surface area contributed by atoms with E-state index in [1.807, 2.05) is 25.1 Å². The molecule has 1 aliphatic heterocycles. The Morgan fingerprint density at radius 3 is 2.26 bits per heavy atom. The monoisotopic (exact) mass is 308 g/mol. The number of hydrogen-bond acceptors (Lipinski definition) is 3. The Labute approximate surface area is 138 Å². The van der Waals surface area contributed by atoms with Gasteiger partial charge < -0.3 is 5.32 Å².